The molecule has 0 rings (SSSR count). The second-order valence-electron chi connectivity index (χ2n) is 3.53. The van der Waals surface area contributed by atoms with Crippen LogP contribution in [0, 0.1) is 0 Å². The minimum Gasteiger partial charge on any atom is -0.370 e. The highest BCUT2D eigenvalue weighted by Crippen LogP contribution is 2.13. The molecule has 1 atom stereocenters. The molecule has 0 spiro atoms. The largest absolute Gasteiger partial charge is 0.370 e. The van der Waals surface area contributed by atoms with Crippen molar-refractivity contribution in [3.63, 3.8) is 0 Å². The van der Waals surface area contributed by atoms with Crippen molar-refractivity contribution in [3.8, 4) is 0 Å². The number of alkyl halides is 1. The Morgan fingerprint density at radius 2 is 2.00 bits per heavy atom. The van der Waals surface area contributed by atoms with Crippen molar-refractivity contribution in [2.24, 2.45) is 0 Å². The summed E-state index contributed by atoms with van der Waals surface area (Å²) in [6.45, 7) is 10.7. The summed E-state index contributed by atoms with van der Waals surface area (Å²) < 4.78 is 12.7. The van der Waals surface area contributed by atoms with E-state index in [0.29, 0.717) is 0 Å². The molecule has 0 amide bonds. The quantitative estimate of drug-likeness (QED) is 0.590. The van der Waals surface area contributed by atoms with Gasteiger partial charge in [-0.3, -0.25) is 0 Å². The zero-order valence-electron chi connectivity index (χ0n) is 9.15. The van der Waals surface area contributed by atoms with E-state index in [2.05, 4.69) is 25.3 Å². The van der Waals surface area contributed by atoms with E-state index in [-0.39, 0.29) is 12.7 Å². The Hall–Kier alpha value is -0.530. The number of halogens is 1. The summed E-state index contributed by atoms with van der Waals surface area (Å²) in [5, 5.41) is 0. The smallest absolute Gasteiger partial charge is 0.110 e. The summed E-state index contributed by atoms with van der Waals surface area (Å²) >= 11 is 0. The van der Waals surface area contributed by atoms with Crippen LogP contribution < -0.4 is 0 Å². The first-order chi connectivity index (χ1) is 6.17. The van der Waals surface area contributed by atoms with Crippen molar-refractivity contribution in [1.82, 2.24) is 4.90 Å². The van der Waals surface area contributed by atoms with E-state index in [9.17, 15) is 4.39 Å². The van der Waals surface area contributed by atoms with Crippen molar-refractivity contribution in [2.75, 3.05) is 13.2 Å². The van der Waals surface area contributed by atoms with E-state index in [0.717, 1.165) is 31.5 Å². The first kappa shape index (κ1) is 12.5. The molecule has 78 valence electrons. The van der Waals surface area contributed by atoms with Gasteiger partial charge in [-0.2, -0.15) is 0 Å². The van der Waals surface area contributed by atoms with Crippen LogP contribution in [0.25, 0.3) is 0 Å². The number of hydrogen-bond acceptors (Lipinski definition) is 1. The van der Waals surface area contributed by atoms with Gasteiger partial charge in [0.2, 0.25) is 0 Å². The highest BCUT2D eigenvalue weighted by molar-refractivity contribution is 4.92. The molecule has 0 radical (unpaired) electrons. The molecule has 1 unspecified atom stereocenters. The lowest BCUT2D eigenvalue weighted by Crippen LogP contribution is -2.35. The maximum atomic E-state index is 12.7. The SMILES string of the molecule is C=C(C)N(CCC)C(CF)CCC. The fourth-order valence-corrected chi connectivity index (χ4v) is 1.58. The Labute approximate surface area is 81.6 Å². The molecule has 0 saturated carbocycles. The highest BCUT2D eigenvalue weighted by atomic mass is 19.1. The Morgan fingerprint density at radius 1 is 1.38 bits per heavy atom. The van der Waals surface area contributed by atoms with Gasteiger partial charge in [-0.1, -0.05) is 26.8 Å². The standard InChI is InChI=1S/C11H22FN/c1-5-7-11(9-12)13(8-6-2)10(3)4/h11H,3,5-9H2,1-2,4H3. The van der Waals surface area contributed by atoms with E-state index in [4.69, 9.17) is 0 Å². The van der Waals surface area contributed by atoms with Crippen molar-refractivity contribution in [1.29, 1.82) is 0 Å². The van der Waals surface area contributed by atoms with Gasteiger partial charge in [-0.15, -0.1) is 0 Å². The fourth-order valence-electron chi connectivity index (χ4n) is 1.58. The van der Waals surface area contributed by atoms with Crippen LogP contribution in [-0.2, 0) is 0 Å². The van der Waals surface area contributed by atoms with Crippen molar-refractivity contribution < 1.29 is 4.39 Å². The van der Waals surface area contributed by atoms with Gasteiger partial charge in [-0.25, -0.2) is 4.39 Å². The molecule has 0 fully saturated rings. The highest BCUT2D eigenvalue weighted by Gasteiger charge is 2.15. The van der Waals surface area contributed by atoms with Crippen LogP contribution in [0.2, 0.25) is 0 Å². The number of hydrogen-bond donors (Lipinski definition) is 0. The average Bonchev–Trinajstić information content (AvgIpc) is 2.10. The maximum absolute atomic E-state index is 12.7. The van der Waals surface area contributed by atoms with Gasteiger partial charge in [0.15, 0.2) is 0 Å². The van der Waals surface area contributed by atoms with Gasteiger partial charge in [0.25, 0.3) is 0 Å². The van der Waals surface area contributed by atoms with Crippen molar-refractivity contribution in [3.05, 3.63) is 12.3 Å². The average molecular weight is 187 g/mol. The minimum atomic E-state index is -0.263. The van der Waals surface area contributed by atoms with E-state index in [1.54, 1.807) is 0 Å². The number of allylic oxidation sites excluding steroid dienone is 1. The third-order valence-corrected chi connectivity index (χ3v) is 2.20. The Kier molecular flexibility index (Phi) is 6.65. The Bertz CT molecular complexity index is 145. The summed E-state index contributed by atoms with van der Waals surface area (Å²) in [6.07, 6.45) is 3.00. The molecule has 0 aliphatic carbocycles. The normalized spacial score (nSPS) is 12.6. The molecule has 1 nitrogen and oxygen atoms in total. The summed E-state index contributed by atoms with van der Waals surface area (Å²) in [5.41, 5.74) is 0.984. The van der Waals surface area contributed by atoms with Gasteiger partial charge in [0, 0.05) is 12.2 Å². The van der Waals surface area contributed by atoms with Gasteiger partial charge >= 0.3 is 0 Å². The van der Waals surface area contributed by atoms with Crippen molar-refractivity contribution in [2.45, 2.75) is 46.1 Å². The van der Waals surface area contributed by atoms with Gasteiger partial charge in [-0.05, 0) is 19.8 Å². The monoisotopic (exact) mass is 187 g/mol. The third-order valence-electron chi connectivity index (χ3n) is 2.20. The maximum Gasteiger partial charge on any atom is 0.110 e. The predicted molar refractivity (Wildman–Crippen MR) is 56.5 cm³/mol. The summed E-state index contributed by atoms with van der Waals surface area (Å²) in [6, 6.07) is 0.0439. The zero-order valence-corrected chi connectivity index (χ0v) is 9.15. The van der Waals surface area contributed by atoms with E-state index in [1.165, 1.54) is 0 Å². The topological polar surface area (TPSA) is 3.24 Å². The Balaban J connectivity index is 4.20. The summed E-state index contributed by atoms with van der Waals surface area (Å²) in [5.74, 6) is 0. The number of rotatable bonds is 7. The lowest BCUT2D eigenvalue weighted by atomic mass is 10.1. The van der Waals surface area contributed by atoms with E-state index >= 15 is 0 Å². The van der Waals surface area contributed by atoms with Crippen LogP contribution in [0.1, 0.15) is 40.0 Å². The first-order valence-corrected chi connectivity index (χ1v) is 5.15. The van der Waals surface area contributed by atoms with Crippen LogP contribution in [0.3, 0.4) is 0 Å². The molecular formula is C11H22FN. The van der Waals surface area contributed by atoms with E-state index < -0.39 is 0 Å². The second kappa shape index (κ2) is 6.93. The zero-order chi connectivity index (χ0) is 10.3. The third kappa shape index (κ3) is 4.30. The molecule has 0 N–H and O–H groups in total. The van der Waals surface area contributed by atoms with Crippen LogP contribution in [0.5, 0.6) is 0 Å². The molecule has 0 bridgehead atoms. The molecule has 0 aromatic rings. The summed E-state index contributed by atoms with van der Waals surface area (Å²) in [4.78, 5) is 2.09. The number of nitrogens with zero attached hydrogens (tertiary/aromatic N) is 1. The molecule has 13 heavy (non-hydrogen) atoms. The second-order valence-corrected chi connectivity index (χ2v) is 3.53. The van der Waals surface area contributed by atoms with E-state index in [1.807, 2.05) is 6.92 Å². The van der Waals surface area contributed by atoms with Crippen LogP contribution in [-0.4, -0.2) is 24.2 Å². The predicted octanol–water partition coefficient (Wildman–Crippen LogP) is 3.37. The van der Waals surface area contributed by atoms with Gasteiger partial charge in [0.1, 0.15) is 6.67 Å². The molecule has 0 heterocycles. The van der Waals surface area contributed by atoms with Crippen molar-refractivity contribution >= 4 is 0 Å². The van der Waals surface area contributed by atoms with Gasteiger partial charge < -0.3 is 4.90 Å². The first-order valence-electron chi connectivity index (χ1n) is 5.15. The van der Waals surface area contributed by atoms with Gasteiger partial charge in [0.05, 0.1) is 6.04 Å². The minimum absolute atomic E-state index is 0.0439. The van der Waals surface area contributed by atoms with Crippen LogP contribution >= 0.6 is 0 Å². The molecule has 2 heteroatoms. The molecular weight excluding hydrogens is 165 g/mol. The molecule has 0 saturated heterocycles. The lowest BCUT2D eigenvalue weighted by molar-refractivity contribution is 0.199. The molecule has 0 aromatic heterocycles. The Morgan fingerprint density at radius 3 is 2.31 bits per heavy atom. The molecule has 0 aromatic carbocycles. The lowest BCUT2D eigenvalue weighted by Gasteiger charge is -2.31. The molecule has 0 aliphatic rings. The summed E-state index contributed by atoms with van der Waals surface area (Å²) in [7, 11) is 0. The molecule has 0 aliphatic heterocycles. The fraction of sp³-hybridized carbons (Fsp3) is 0.818. The van der Waals surface area contributed by atoms with Crippen LogP contribution in [0.4, 0.5) is 4.39 Å². The van der Waals surface area contributed by atoms with Crippen LogP contribution in [0.15, 0.2) is 12.3 Å².